The molecule has 0 aliphatic heterocycles. The molecular formula is C13H7F2IN2O. The topological polar surface area (TPSA) is 48.9 Å². The van der Waals surface area contributed by atoms with E-state index in [0.29, 0.717) is 22.4 Å². The summed E-state index contributed by atoms with van der Waals surface area (Å²) in [5.41, 5.74) is 1.40. The minimum Gasteiger partial charge on any atom is -0.507 e. The van der Waals surface area contributed by atoms with Crippen molar-refractivity contribution in [2.45, 2.75) is 0 Å². The Bertz CT molecular complexity index is 747. The van der Waals surface area contributed by atoms with E-state index < -0.39 is 11.6 Å². The molecule has 6 heteroatoms. The van der Waals surface area contributed by atoms with E-state index in [0.717, 1.165) is 15.7 Å². The molecule has 0 aliphatic carbocycles. The third kappa shape index (κ3) is 2.16. The number of nitrogens with one attached hydrogen (secondary N) is 1. The summed E-state index contributed by atoms with van der Waals surface area (Å²) in [5.74, 6) is -1.27. The third-order valence-electron chi connectivity index (χ3n) is 2.74. The maximum absolute atomic E-state index is 13.1. The Morgan fingerprint density at radius 3 is 2.58 bits per heavy atom. The summed E-state index contributed by atoms with van der Waals surface area (Å²) in [6, 6.07) is 7.16. The van der Waals surface area contributed by atoms with Gasteiger partial charge >= 0.3 is 0 Å². The van der Waals surface area contributed by atoms with Crippen LogP contribution < -0.4 is 0 Å². The predicted molar refractivity (Wildman–Crippen MR) is 75.8 cm³/mol. The van der Waals surface area contributed by atoms with Crippen LogP contribution in [0.2, 0.25) is 0 Å². The molecule has 1 heterocycles. The van der Waals surface area contributed by atoms with Gasteiger partial charge in [0, 0.05) is 17.7 Å². The molecule has 0 aliphatic rings. The number of imidazole rings is 1. The Hall–Kier alpha value is -1.70. The highest BCUT2D eigenvalue weighted by Crippen LogP contribution is 2.27. The summed E-state index contributed by atoms with van der Waals surface area (Å²) in [6.07, 6.45) is 0. The van der Waals surface area contributed by atoms with Crippen molar-refractivity contribution in [3.8, 4) is 17.1 Å². The molecule has 3 aromatic rings. The lowest BCUT2D eigenvalue weighted by Crippen LogP contribution is -1.82. The fraction of sp³-hybridized carbons (Fsp3) is 0. The minimum absolute atomic E-state index is 0.135. The third-order valence-corrected chi connectivity index (χ3v) is 3.66. The van der Waals surface area contributed by atoms with Crippen LogP contribution in [0.3, 0.4) is 0 Å². The highest BCUT2D eigenvalue weighted by molar-refractivity contribution is 14.1. The quantitative estimate of drug-likeness (QED) is 0.639. The van der Waals surface area contributed by atoms with Gasteiger partial charge in [-0.1, -0.05) is 0 Å². The van der Waals surface area contributed by atoms with Gasteiger partial charge in [-0.05, 0) is 40.8 Å². The molecule has 96 valence electrons. The lowest BCUT2D eigenvalue weighted by Gasteiger charge is -1.99. The number of aromatic amines is 1. The van der Waals surface area contributed by atoms with Crippen LogP contribution in [0.4, 0.5) is 8.78 Å². The molecule has 0 saturated heterocycles. The summed E-state index contributed by atoms with van der Waals surface area (Å²) in [5, 5.41) is 9.66. The fourth-order valence-electron chi connectivity index (χ4n) is 1.80. The van der Waals surface area contributed by atoms with Gasteiger partial charge in [-0.15, -0.1) is 0 Å². The summed E-state index contributed by atoms with van der Waals surface area (Å²) in [7, 11) is 0. The van der Waals surface area contributed by atoms with E-state index in [1.807, 2.05) is 22.6 Å². The van der Waals surface area contributed by atoms with E-state index in [4.69, 9.17) is 0 Å². The van der Waals surface area contributed by atoms with Crippen molar-refractivity contribution in [1.29, 1.82) is 0 Å². The number of benzene rings is 2. The molecule has 19 heavy (non-hydrogen) atoms. The second kappa shape index (κ2) is 4.44. The number of aromatic nitrogens is 2. The molecule has 0 atom stereocenters. The molecule has 0 saturated carbocycles. The maximum atomic E-state index is 13.1. The highest BCUT2D eigenvalue weighted by Gasteiger charge is 2.10. The highest BCUT2D eigenvalue weighted by atomic mass is 127. The molecule has 2 N–H and O–H groups in total. The molecule has 3 nitrogen and oxygen atoms in total. The van der Waals surface area contributed by atoms with Crippen molar-refractivity contribution >= 4 is 33.6 Å². The van der Waals surface area contributed by atoms with Crippen LogP contribution in [0, 0.1) is 15.2 Å². The molecule has 2 aromatic carbocycles. The van der Waals surface area contributed by atoms with Gasteiger partial charge < -0.3 is 10.1 Å². The summed E-state index contributed by atoms with van der Waals surface area (Å²) in [6.45, 7) is 0. The number of phenols is 1. The zero-order chi connectivity index (χ0) is 13.6. The largest absolute Gasteiger partial charge is 0.507 e. The summed E-state index contributed by atoms with van der Waals surface area (Å²) in [4.78, 5) is 7.08. The predicted octanol–water partition coefficient (Wildman–Crippen LogP) is 3.82. The van der Waals surface area contributed by atoms with Gasteiger partial charge in [0.15, 0.2) is 11.6 Å². The van der Waals surface area contributed by atoms with Gasteiger partial charge in [-0.25, -0.2) is 13.8 Å². The first kappa shape index (κ1) is 12.3. The first-order chi connectivity index (χ1) is 9.04. The monoisotopic (exact) mass is 372 g/mol. The Labute approximate surface area is 120 Å². The smallest absolute Gasteiger partial charge is 0.161 e. The Balaban J connectivity index is 2.17. The van der Waals surface area contributed by atoms with Crippen molar-refractivity contribution in [2.24, 2.45) is 0 Å². The number of halogens is 3. The zero-order valence-corrected chi connectivity index (χ0v) is 11.6. The van der Waals surface area contributed by atoms with Crippen LogP contribution in [0.25, 0.3) is 22.4 Å². The lowest BCUT2D eigenvalue weighted by molar-refractivity contribution is 0.471. The van der Waals surface area contributed by atoms with E-state index in [1.54, 1.807) is 18.2 Å². The number of aromatic hydroxyl groups is 1. The van der Waals surface area contributed by atoms with Crippen molar-refractivity contribution in [3.63, 3.8) is 0 Å². The molecule has 0 amide bonds. The van der Waals surface area contributed by atoms with Crippen LogP contribution >= 0.6 is 22.6 Å². The maximum Gasteiger partial charge on any atom is 0.161 e. The van der Waals surface area contributed by atoms with Crippen LogP contribution in [-0.4, -0.2) is 15.1 Å². The van der Waals surface area contributed by atoms with Gasteiger partial charge in [0.2, 0.25) is 0 Å². The SMILES string of the molecule is Oc1cc(-c2nc3cc(F)c(F)cc3[nH]2)ccc1I. The first-order valence-corrected chi connectivity index (χ1v) is 6.46. The second-order valence-corrected chi connectivity index (χ2v) is 5.20. The Morgan fingerprint density at radius 1 is 1.11 bits per heavy atom. The van der Waals surface area contributed by atoms with Crippen molar-refractivity contribution in [3.05, 3.63) is 45.5 Å². The van der Waals surface area contributed by atoms with E-state index in [-0.39, 0.29) is 5.75 Å². The normalized spacial score (nSPS) is 11.1. The molecule has 0 bridgehead atoms. The fourth-order valence-corrected chi connectivity index (χ4v) is 2.14. The lowest BCUT2D eigenvalue weighted by atomic mass is 10.2. The standard InChI is InChI=1S/C13H7F2IN2O/c14-7-4-10-11(5-8(7)15)18-13(17-10)6-1-2-9(16)12(19)3-6/h1-5,19H,(H,17,18). The van der Waals surface area contributed by atoms with Gasteiger partial charge in [0.25, 0.3) is 0 Å². The van der Waals surface area contributed by atoms with Crippen LogP contribution in [0.15, 0.2) is 30.3 Å². The van der Waals surface area contributed by atoms with Crippen molar-refractivity contribution < 1.29 is 13.9 Å². The summed E-state index contributed by atoms with van der Waals surface area (Å²) < 4.78 is 26.9. The number of nitrogens with zero attached hydrogens (tertiary/aromatic N) is 1. The Kier molecular flexibility index (Phi) is 2.89. The number of rotatable bonds is 1. The Morgan fingerprint density at radius 2 is 1.84 bits per heavy atom. The van der Waals surface area contributed by atoms with Crippen molar-refractivity contribution in [1.82, 2.24) is 9.97 Å². The second-order valence-electron chi connectivity index (χ2n) is 4.04. The molecule has 1 aromatic heterocycles. The van der Waals surface area contributed by atoms with Gasteiger partial charge in [-0.2, -0.15) is 0 Å². The van der Waals surface area contributed by atoms with Gasteiger partial charge in [0.1, 0.15) is 11.6 Å². The molecule has 3 rings (SSSR count). The molecule has 0 unspecified atom stereocenters. The van der Waals surface area contributed by atoms with Gasteiger partial charge in [0.05, 0.1) is 14.6 Å². The van der Waals surface area contributed by atoms with Crippen LogP contribution in [0.1, 0.15) is 0 Å². The zero-order valence-electron chi connectivity index (χ0n) is 9.42. The van der Waals surface area contributed by atoms with E-state index in [1.165, 1.54) is 0 Å². The number of fused-ring (bicyclic) bond motifs is 1. The van der Waals surface area contributed by atoms with Gasteiger partial charge in [-0.3, -0.25) is 0 Å². The van der Waals surface area contributed by atoms with Crippen LogP contribution in [-0.2, 0) is 0 Å². The molecular weight excluding hydrogens is 365 g/mol. The van der Waals surface area contributed by atoms with E-state index in [9.17, 15) is 13.9 Å². The summed E-state index contributed by atoms with van der Waals surface area (Å²) >= 11 is 2.00. The first-order valence-electron chi connectivity index (χ1n) is 5.38. The molecule has 0 spiro atoms. The van der Waals surface area contributed by atoms with Crippen LogP contribution in [0.5, 0.6) is 5.75 Å². The van der Waals surface area contributed by atoms with E-state index >= 15 is 0 Å². The average molecular weight is 372 g/mol. The average Bonchev–Trinajstić information content (AvgIpc) is 2.76. The van der Waals surface area contributed by atoms with Crippen molar-refractivity contribution in [2.75, 3.05) is 0 Å². The van der Waals surface area contributed by atoms with E-state index in [2.05, 4.69) is 9.97 Å². The number of hydrogen-bond acceptors (Lipinski definition) is 2. The number of hydrogen-bond donors (Lipinski definition) is 2. The minimum atomic E-state index is -0.934. The number of phenolic OH excluding ortho intramolecular Hbond substituents is 1. The molecule has 0 fully saturated rings. The number of H-pyrrole nitrogens is 1. The molecule has 0 radical (unpaired) electrons.